The van der Waals surface area contributed by atoms with Crippen LogP contribution < -0.4 is 10.1 Å². The first-order valence-corrected chi connectivity index (χ1v) is 15.8. The largest absolute Gasteiger partial charge is 0.504 e. The van der Waals surface area contributed by atoms with Crippen LogP contribution in [-0.4, -0.2) is 97.7 Å². The van der Waals surface area contributed by atoms with Gasteiger partial charge in [0.05, 0.1) is 13.2 Å². The first-order chi connectivity index (χ1) is 20.5. The van der Waals surface area contributed by atoms with Crippen molar-refractivity contribution in [2.24, 2.45) is 17.8 Å². The molecule has 10 heteroatoms. The summed E-state index contributed by atoms with van der Waals surface area (Å²) in [6, 6.07) is 3.90. The van der Waals surface area contributed by atoms with E-state index in [2.05, 4.69) is 29.4 Å². The van der Waals surface area contributed by atoms with E-state index in [1.807, 2.05) is 19.9 Å². The molecule has 236 valence electrons. The Morgan fingerprint density at radius 1 is 1.23 bits per heavy atom. The van der Waals surface area contributed by atoms with E-state index >= 15 is 0 Å². The molecule has 0 saturated carbocycles. The lowest BCUT2D eigenvalue weighted by molar-refractivity contribution is -0.135. The highest BCUT2D eigenvalue weighted by Crippen LogP contribution is 2.59. The molecular weight excluding hydrogens is 548 g/mol. The summed E-state index contributed by atoms with van der Waals surface area (Å²) >= 11 is 0. The number of allylic oxidation sites excluding steroid dienone is 2. The number of carbonyl (C=O) groups is 3. The van der Waals surface area contributed by atoms with Crippen LogP contribution >= 0.6 is 0 Å². The fourth-order valence-corrected chi connectivity index (χ4v) is 7.97. The predicted octanol–water partition coefficient (Wildman–Crippen LogP) is 3.66. The first-order valence-electron chi connectivity index (χ1n) is 15.8. The maximum absolute atomic E-state index is 13.8. The number of fused-ring (bicyclic) bond motifs is 1. The van der Waals surface area contributed by atoms with Gasteiger partial charge < -0.3 is 34.6 Å². The molecule has 1 aromatic rings. The Morgan fingerprint density at radius 2 is 2.00 bits per heavy atom. The van der Waals surface area contributed by atoms with Crippen LogP contribution in [-0.2, 0) is 26.2 Å². The number of methoxy groups -OCH3 is 1. The van der Waals surface area contributed by atoms with Gasteiger partial charge in [0.25, 0.3) is 0 Å². The number of aromatic hydroxyl groups is 1. The third-order valence-electron chi connectivity index (χ3n) is 10.6. The second-order valence-electron chi connectivity index (χ2n) is 13.2. The van der Waals surface area contributed by atoms with Crippen molar-refractivity contribution in [3.8, 4) is 11.5 Å². The molecule has 43 heavy (non-hydrogen) atoms. The number of hydrogen-bond acceptors (Lipinski definition) is 7. The van der Waals surface area contributed by atoms with Crippen molar-refractivity contribution in [3.63, 3.8) is 0 Å². The van der Waals surface area contributed by atoms with Gasteiger partial charge >= 0.3 is 6.09 Å². The minimum absolute atomic E-state index is 0.0365. The van der Waals surface area contributed by atoms with Crippen LogP contribution in [0.15, 0.2) is 24.0 Å². The number of likely N-dealkylation sites (N-methyl/N-ethyl adjacent to an activating group) is 1. The lowest BCUT2D eigenvalue weighted by atomic mass is 9.53. The number of hydrogen-bond donors (Lipinski definition) is 2. The number of ether oxygens (including phenoxy) is 2. The fraction of sp³-hybridized carbons (Fsp3) is 0.667. The summed E-state index contributed by atoms with van der Waals surface area (Å²) in [5.41, 5.74) is 1.71. The van der Waals surface area contributed by atoms with Gasteiger partial charge in [0.15, 0.2) is 11.5 Å². The number of likely N-dealkylation sites (tertiary alicyclic amines) is 2. The van der Waals surface area contributed by atoms with Crippen molar-refractivity contribution in [1.82, 2.24) is 20.0 Å². The van der Waals surface area contributed by atoms with E-state index in [1.54, 1.807) is 31.0 Å². The number of phenolic OH excluding ortho intramolecular Hbond substituents is 1. The first kappa shape index (κ1) is 31.2. The van der Waals surface area contributed by atoms with Gasteiger partial charge in [-0.15, -0.1) is 0 Å². The van der Waals surface area contributed by atoms with Gasteiger partial charge in [-0.05, 0) is 75.7 Å². The van der Waals surface area contributed by atoms with E-state index in [9.17, 15) is 19.5 Å². The zero-order valence-corrected chi connectivity index (χ0v) is 26.5. The van der Waals surface area contributed by atoms with Crippen molar-refractivity contribution >= 4 is 17.9 Å². The molecule has 2 saturated heterocycles. The van der Waals surface area contributed by atoms with Crippen molar-refractivity contribution in [1.29, 1.82) is 0 Å². The highest BCUT2D eigenvalue weighted by molar-refractivity contribution is 5.80. The van der Waals surface area contributed by atoms with E-state index in [4.69, 9.17) is 9.47 Å². The summed E-state index contributed by atoms with van der Waals surface area (Å²) in [7, 11) is 7.24. The van der Waals surface area contributed by atoms with Crippen LogP contribution in [0.5, 0.6) is 11.5 Å². The number of benzene rings is 1. The number of phenols is 1. The summed E-state index contributed by atoms with van der Waals surface area (Å²) < 4.78 is 11.7. The molecule has 6 atom stereocenters. The maximum atomic E-state index is 13.8. The zero-order chi connectivity index (χ0) is 31.1. The fourth-order valence-electron chi connectivity index (χ4n) is 7.97. The van der Waals surface area contributed by atoms with E-state index < -0.39 is 6.09 Å². The van der Waals surface area contributed by atoms with Gasteiger partial charge in [-0.1, -0.05) is 19.9 Å². The average Bonchev–Trinajstić information content (AvgIpc) is 3.00. The Hall–Kier alpha value is -3.27. The Bertz CT molecular complexity index is 1280. The van der Waals surface area contributed by atoms with Gasteiger partial charge in [-0.25, -0.2) is 4.79 Å². The molecule has 0 aromatic heterocycles. The van der Waals surface area contributed by atoms with Crippen molar-refractivity contribution in [2.75, 3.05) is 47.9 Å². The number of carbonyl (C=O) groups excluding carboxylic acids is 3. The quantitative estimate of drug-likeness (QED) is 0.494. The smallest absolute Gasteiger partial charge is 0.415 e. The summed E-state index contributed by atoms with van der Waals surface area (Å²) in [5.74, 6) is 1.21. The van der Waals surface area contributed by atoms with Crippen molar-refractivity contribution in [3.05, 3.63) is 35.1 Å². The monoisotopic (exact) mass is 596 g/mol. The minimum atomic E-state index is -0.449. The Morgan fingerprint density at radius 3 is 2.70 bits per heavy atom. The Balaban J connectivity index is 1.38. The van der Waals surface area contributed by atoms with E-state index in [0.717, 1.165) is 43.4 Å². The molecule has 2 aliphatic carbocycles. The van der Waals surface area contributed by atoms with Crippen molar-refractivity contribution < 1.29 is 29.0 Å². The topological polar surface area (TPSA) is 112 Å². The number of piperidine rings is 2. The van der Waals surface area contributed by atoms with Crippen molar-refractivity contribution in [2.45, 2.75) is 76.3 Å². The molecule has 0 radical (unpaired) electrons. The molecule has 2 bridgehead atoms. The molecule has 2 fully saturated rings. The van der Waals surface area contributed by atoms with Crippen LogP contribution in [0.1, 0.15) is 63.5 Å². The van der Waals surface area contributed by atoms with E-state index in [1.165, 1.54) is 0 Å². The van der Waals surface area contributed by atoms with Gasteiger partial charge in [0, 0.05) is 62.5 Å². The predicted molar refractivity (Wildman–Crippen MR) is 163 cm³/mol. The second-order valence-corrected chi connectivity index (χ2v) is 13.2. The van der Waals surface area contributed by atoms with Gasteiger partial charge in [-0.3, -0.25) is 9.59 Å². The van der Waals surface area contributed by atoms with Crippen LogP contribution in [0.25, 0.3) is 0 Å². The Labute approximate surface area is 255 Å². The van der Waals surface area contributed by atoms with Gasteiger partial charge in [0.2, 0.25) is 11.8 Å². The number of rotatable bonds is 7. The lowest BCUT2D eigenvalue weighted by Gasteiger charge is -2.57. The van der Waals surface area contributed by atoms with E-state index in [-0.39, 0.29) is 53.3 Å². The van der Waals surface area contributed by atoms with Gasteiger partial charge in [-0.2, -0.15) is 0 Å². The number of nitrogens with zero attached hydrogens (tertiary/aromatic N) is 3. The van der Waals surface area contributed by atoms with Gasteiger partial charge in [0.1, 0.15) is 5.76 Å². The molecule has 2 aliphatic heterocycles. The number of amides is 3. The minimum Gasteiger partial charge on any atom is -0.504 e. The molecule has 0 spiro atoms. The summed E-state index contributed by atoms with van der Waals surface area (Å²) in [5, 5.41) is 14.4. The maximum Gasteiger partial charge on any atom is 0.415 e. The van der Waals surface area contributed by atoms with Crippen LogP contribution in [0, 0.1) is 17.8 Å². The molecule has 2 N–H and O–H groups in total. The Kier molecular flexibility index (Phi) is 8.97. The molecule has 2 heterocycles. The second kappa shape index (κ2) is 12.4. The normalized spacial score (nSPS) is 29.0. The highest BCUT2D eigenvalue weighted by Gasteiger charge is 2.55. The SMILES string of the molecule is CCC(C)C(=O)NCC1CC(C(=O)N(C)C)CCN1C(=O)OC1=CCC2C3Cc4ccc(OC)c(O)c4C2(CCN3C)C1. The molecule has 3 amide bonds. The molecule has 5 rings (SSSR count). The standard InChI is InChI=1S/C33H48N4O6/c1-7-20(2)30(39)34-19-23-16-22(31(40)35(3)4)12-14-37(23)32(41)43-24-9-10-25-26-17-21-8-11-27(42-6)29(38)28(21)33(25,18-24)13-15-36(26)5/h8-9,11,20,22-23,25-26,38H,7,10,12-19H2,1-6H3,(H,34,39). The highest BCUT2D eigenvalue weighted by atomic mass is 16.6. The third-order valence-corrected chi connectivity index (χ3v) is 10.6. The molecule has 10 nitrogen and oxygen atoms in total. The molecule has 4 aliphatic rings. The number of nitrogens with one attached hydrogen (secondary N) is 1. The molecular formula is C33H48N4O6. The summed E-state index contributed by atoms with van der Waals surface area (Å²) in [6.45, 7) is 5.39. The zero-order valence-electron chi connectivity index (χ0n) is 26.5. The molecule has 6 unspecified atom stereocenters. The van der Waals surface area contributed by atoms with Crippen LogP contribution in [0.3, 0.4) is 0 Å². The third kappa shape index (κ3) is 5.70. The van der Waals surface area contributed by atoms with Crippen LogP contribution in [0.4, 0.5) is 4.79 Å². The van der Waals surface area contributed by atoms with Crippen LogP contribution in [0.2, 0.25) is 0 Å². The average molecular weight is 597 g/mol. The lowest BCUT2D eigenvalue weighted by Crippen LogP contribution is -2.60. The summed E-state index contributed by atoms with van der Waals surface area (Å²) in [4.78, 5) is 44.9. The summed E-state index contributed by atoms with van der Waals surface area (Å²) in [6.07, 6.45) is 6.32. The molecule has 1 aromatic carbocycles. The van der Waals surface area contributed by atoms with E-state index in [0.29, 0.717) is 43.4 Å².